The number of carbonyl (C=O) groups excluding carboxylic acids is 2. The topological polar surface area (TPSA) is 88.4 Å². The normalized spacial score (nSPS) is 11.2. The van der Waals surface area contributed by atoms with Crippen molar-refractivity contribution in [1.82, 2.24) is 5.32 Å². The van der Waals surface area contributed by atoms with Crippen LogP contribution in [0.3, 0.4) is 0 Å². The van der Waals surface area contributed by atoms with E-state index in [1.165, 1.54) is 0 Å². The van der Waals surface area contributed by atoms with Crippen LogP contribution in [0.4, 0.5) is 4.79 Å². The first kappa shape index (κ1) is 20.0. The molecule has 6 nitrogen and oxygen atoms in total. The Morgan fingerprint density at radius 2 is 2.04 bits per heavy atom. The predicted octanol–water partition coefficient (Wildman–Crippen LogP) is 4.04. The molecule has 140 valence electrons. The third kappa shape index (κ3) is 5.58. The smallest absolute Gasteiger partial charge is 0.413 e. The highest BCUT2D eigenvalue weighted by atomic mass is 16.6. The summed E-state index contributed by atoms with van der Waals surface area (Å²) in [7, 11) is 0. The molecule has 0 heterocycles. The summed E-state index contributed by atoms with van der Waals surface area (Å²) in [5, 5.41) is 10.9. The van der Waals surface area contributed by atoms with Crippen LogP contribution in [0.15, 0.2) is 36.4 Å². The van der Waals surface area contributed by atoms with E-state index in [0.29, 0.717) is 29.9 Å². The number of rotatable bonds is 7. The molecule has 0 bridgehead atoms. The van der Waals surface area contributed by atoms with Gasteiger partial charge in [-0.05, 0) is 67.3 Å². The van der Waals surface area contributed by atoms with Crippen molar-refractivity contribution in [2.75, 3.05) is 0 Å². The first-order valence-electron chi connectivity index (χ1n) is 8.68. The van der Waals surface area contributed by atoms with Crippen molar-refractivity contribution in [3.63, 3.8) is 0 Å². The van der Waals surface area contributed by atoms with Gasteiger partial charge in [0.05, 0.1) is 11.6 Å². The maximum atomic E-state index is 11.3. The molecule has 2 amide bonds. The maximum Gasteiger partial charge on any atom is 0.413 e. The van der Waals surface area contributed by atoms with E-state index in [0.717, 1.165) is 23.1 Å². The summed E-state index contributed by atoms with van der Waals surface area (Å²) in [6.07, 6.45) is 0.497. The summed E-state index contributed by atoms with van der Waals surface area (Å²) >= 11 is 0. The minimum absolute atomic E-state index is 0.295. The Morgan fingerprint density at radius 3 is 2.67 bits per heavy atom. The standard InChI is InChI=1S/C21H22N2O4/c1-4-17-11-19(27-20-8-5-16(12-22)9-14(20)2)7-6-18(17)10-15(3)26-21(25)23-13-24/h5-9,11,13,15H,4,10H2,1-3H3,(H,23,24,25). The van der Waals surface area contributed by atoms with Crippen molar-refractivity contribution >= 4 is 12.5 Å². The largest absolute Gasteiger partial charge is 0.457 e. The van der Waals surface area contributed by atoms with E-state index >= 15 is 0 Å². The van der Waals surface area contributed by atoms with Crippen LogP contribution in [0.1, 0.15) is 36.1 Å². The van der Waals surface area contributed by atoms with Gasteiger partial charge in [-0.2, -0.15) is 5.26 Å². The summed E-state index contributed by atoms with van der Waals surface area (Å²) in [6, 6.07) is 13.2. The zero-order valence-electron chi connectivity index (χ0n) is 15.6. The van der Waals surface area contributed by atoms with Crippen LogP contribution in [-0.2, 0) is 22.4 Å². The molecule has 27 heavy (non-hydrogen) atoms. The van der Waals surface area contributed by atoms with Crippen molar-refractivity contribution < 1.29 is 19.1 Å². The lowest BCUT2D eigenvalue weighted by Gasteiger charge is -2.16. The van der Waals surface area contributed by atoms with Crippen LogP contribution >= 0.6 is 0 Å². The number of amides is 2. The number of benzene rings is 2. The molecule has 2 aromatic rings. The number of carbonyl (C=O) groups is 2. The van der Waals surface area contributed by atoms with Crippen LogP contribution in [-0.4, -0.2) is 18.6 Å². The minimum Gasteiger partial charge on any atom is -0.457 e. The second-order valence-electron chi connectivity index (χ2n) is 6.16. The summed E-state index contributed by atoms with van der Waals surface area (Å²) in [5.41, 5.74) is 3.62. The lowest BCUT2D eigenvalue weighted by molar-refractivity contribution is -0.109. The van der Waals surface area contributed by atoms with Crippen LogP contribution in [0, 0.1) is 18.3 Å². The van der Waals surface area contributed by atoms with Gasteiger partial charge in [-0.25, -0.2) is 4.79 Å². The number of imide groups is 1. The molecule has 0 saturated heterocycles. The number of hydrogen-bond acceptors (Lipinski definition) is 5. The van der Waals surface area contributed by atoms with E-state index in [1.807, 2.05) is 37.4 Å². The number of ether oxygens (including phenoxy) is 2. The van der Waals surface area contributed by atoms with Gasteiger partial charge in [0.25, 0.3) is 0 Å². The Balaban J connectivity index is 2.12. The van der Waals surface area contributed by atoms with Gasteiger partial charge in [-0.3, -0.25) is 10.1 Å². The molecule has 0 fully saturated rings. The quantitative estimate of drug-likeness (QED) is 0.747. The summed E-state index contributed by atoms with van der Waals surface area (Å²) in [4.78, 5) is 21.6. The average Bonchev–Trinajstić information content (AvgIpc) is 2.64. The number of aryl methyl sites for hydroxylation is 2. The van der Waals surface area contributed by atoms with Gasteiger partial charge < -0.3 is 9.47 Å². The average molecular weight is 366 g/mol. The van der Waals surface area contributed by atoms with Crippen LogP contribution in [0.2, 0.25) is 0 Å². The zero-order valence-corrected chi connectivity index (χ0v) is 15.6. The van der Waals surface area contributed by atoms with Crippen molar-refractivity contribution in [2.45, 2.75) is 39.7 Å². The fourth-order valence-electron chi connectivity index (χ4n) is 2.77. The first-order chi connectivity index (χ1) is 13.0. The molecule has 2 aromatic carbocycles. The Kier molecular flexibility index (Phi) is 6.95. The monoisotopic (exact) mass is 366 g/mol. The van der Waals surface area contributed by atoms with Gasteiger partial charge >= 0.3 is 6.09 Å². The van der Waals surface area contributed by atoms with E-state index in [4.69, 9.17) is 14.7 Å². The Bertz CT molecular complexity index is 871. The number of nitrogens with zero attached hydrogens (tertiary/aromatic N) is 1. The highest BCUT2D eigenvalue weighted by Crippen LogP contribution is 2.28. The SMILES string of the molecule is CCc1cc(Oc2ccc(C#N)cc2C)ccc1CC(C)OC(=O)NC=O. The molecule has 0 radical (unpaired) electrons. The highest BCUT2D eigenvalue weighted by Gasteiger charge is 2.13. The number of nitrogens with one attached hydrogen (secondary N) is 1. The second kappa shape index (κ2) is 9.39. The molecule has 1 N–H and O–H groups in total. The zero-order chi connectivity index (χ0) is 19.8. The highest BCUT2D eigenvalue weighted by molar-refractivity contribution is 5.79. The van der Waals surface area contributed by atoms with Crippen LogP contribution in [0.5, 0.6) is 11.5 Å². The molecular weight excluding hydrogens is 344 g/mol. The Labute approximate surface area is 158 Å². The molecule has 2 rings (SSSR count). The fourth-order valence-corrected chi connectivity index (χ4v) is 2.77. The summed E-state index contributed by atoms with van der Waals surface area (Å²) in [5.74, 6) is 1.40. The van der Waals surface area contributed by atoms with Gasteiger partial charge in [0, 0.05) is 6.42 Å². The van der Waals surface area contributed by atoms with E-state index < -0.39 is 6.09 Å². The molecule has 1 unspecified atom stereocenters. The molecular formula is C21H22N2O4. The van der Waals surface area contributed by atoms with Crippen LogP contribution in [0.25, 0.3) is 0 Å². The van der Waals surface area contributed by atoms with Crippen molar-refractivity contribution in [1.29, 1.82) is 5.26 Å². The molecule has 0 aliphatic rings. The number of nitriles is 1. The summed E-state index contributed by atoms with van der Waals surface area (Å²) in [6.45, 7) is 5.71. The minimum atomic E-state index is -0.758. The Morgan fingerprint density at radius 1 is 1.26 bits per heavy atom. The van der Waals surface area contributed by atoms with Crippen molar-refractivity contribution in [3.8, 4) is 17.6 Å². The third-order valence-corrected chi connectivity index (χ3v) is 4.08. The van der Waals surface area contributed by atoms with Gasteiger partial charge in [0.15, 0.2) is 0 Å². The molecule has 0 aliphatic heterocycles. The number of alkyl carbamates (subject to hydrolysis) is 1. The van der Waals surface area contributed by atoms with E-state index in [9.17, 15) is 9.59 Å². The third-order valence-electron chi connectivity index (χ3n) is 4.08. The number of hydrogen-bond donors (Lipinski definition) is 1. The molecule has 0 saturated carbocycles. The molecule has 1 atom stereocenters. The van der Waals surface area contributed by atoms with E-state index in [1.54, 1.807) is 25.1 Å². The van der Waals surface area contributed by atoms with Crippen LogP contribution < -0.4 is 10.1 Å². The fraction of sp³-hybridized carbons (Fsp3) is 0.286. The van der Waals surface area contributed by atoms with Gasteiger partial charge in [-0.15, -0.1) is 0 Å². The molecule has 0 spiro atoms. The molecule has 6 heteroatoms. The van der Waals surface area contributed by atoms with Crippen molar-refractivity contribution in [2.24, 2.45) is 0 Å². The van der Waals surface area contributed by atoms with Gasteiger partial charge in [-0.1, -0.05) is 13.0 Å². The lowest BCUT2D eigenvalue weighted by atomic mass is 10.00. The maximum absolute atomic E-state index is 11.3. The van der Waals surface area contributed by atoms with Gasteiger partial charge in [0.1, 0.15) is 17.6 Å². The van der Waals surface area contributed by atoms with E-state index in [-0.39, 0.29) is 6.10 Å². The Hall–Kier alpha value is -3.33. The first-order valence-corrected chi connectivity index (χ1v) is 8.68. The lowest BCUT2D eigenvalue weighted by Crippen LogP contribution is -2.27. The second-order valence-corrected chi connectivity index (χ2v) is 6.16. The van der Waals surface area contributed by atoms with Crippen molar-refractivity contribution in [3.05, 3.63) is 58.7 Å². The van der Waals surface area contributed by atoms with E-state index in [2.05, 4.69) is 6.07 Å². The molecule has 0 aliphatic carbocycles. The molecule has 0 aromatic heterocycles. The summed E-state index contributed by atoms with van der Waals surface area (Å²) < 4.78 is 11.1. The van der Waals surface area contributed by atoms with Gasteiger partial charge in [0.2, 0.25) is 6.41 Å². The predicted molar refractivity (Wildman–Crippen MR) is 101 cm³/mol.